The second kappa shape index (κ2) is 13.6. The van der Waals surface area contributed by atoms with Crippen molar-refractivity contribution in [3.05, 3.63) is 133 Å². The van der Waals surface area contributed by atoms with Crippen molar-refractivity contribution in [2.45, 2.75) is 18.6 Å². The van der Waals surface area contributed by atoms with Gasteiger partial charge in [-0.2, -0.15) is 18.2 Å². The minimum atomic E-state index is 0. The van der Waals surface area contributed by atoms with Crippen molar-refractivity contribution in [2.75, 3.05) is 0 Å². The Morgan fingerprint density at radius 1 is 0.933 bits per heavy atom. The monoisotopic (exact) mass is 470 g/mol. The average molecular weight is 470 g/mol. The summed E-state index contributed by atoms with van der Waals surface area (Å²) >= 11 is 7.52. The Labute approximate surface area is 202 Å². The molecule has 0 spiro atoms. The summed E-state index contributed by atoms with van der Waals surface area (Å²) in [5, 5.41) is 0.365. The van der Waals surface area contributed by atoms with Gasteiger partial charge in [-0.1, -0.05) is 85.7 Å². The molecule has 1 aliphatic rings. The maximum Gasteiger partial charge on any atom is 2.00 e. The van der Waals surface area contributed by atoms with Gasteiger partial charge < -0.3 is 0 Å². The zero-order valence-electron chi connectivity index (χ0n) is 17.0. The molecular formula is C27H26FeS2. The topological polar surface area (TPSA) is 0 Å². The molecule has 154 valence electrons. The molecule has 0 bridgehead atoms. The Balaban J connectivity index is 0.000000468. The van der Waals surface area contributed by atoms with Crippen LogP contribution in [0.3, 0.4) is 0 Å². The van der Waals surface area contributed by atoms with E-state index < -0.39 is 0 Å². The van der Waals surface area contributed by atoms with Crippen molar-refractivity contribution in [3.63, 3.8) is 0 Å². The van der Waals surface area contributed by atoms with Crippen molar-refractivity contribution in [1.29, 1.82) is 0 Å². The molecule has 3 aromatic rings. The van der Waals surface area contributed by atoms with Crippen LogP contribution in [0, 0.1) is 25.2 Å². The molecule has 2 atom stereocenters. The van der Waals surface area contributed by atoms with E-state index in [0.717, 1.165) is 16.2 Å². The van der Waals surface area contributed by atoms with Crippen molar-refractivity contribution < 1.29 is 17.1 Å². The zero-order chi connectivity index (χ0) is 20.3. The van der Waals surface area contributed by atoms with Gasteiger partial charge in [-0.05, 0) is 17.5 Å². The van der Waals surface area contributed by atoms with Gasteiger partial charge in [0.1, 0.15) is 0 Å². The maximum atomic E-state index is 5.71. The molecule has 0 aliphatic heterocycles. The predicted molar refractivity (Wildman–Crippen MR) is 132 cm³/mol. The Morgan fingerprint density at radius 3 is 2.10 bits per heavy atom. The summed E-state index contributed by atoms with van der Waals surface area (Å²) < 4.78 is 0.971. The number of benzene rings is 2. The smallest absolute Gasteiger partial charge is 0.226 e. The van der Waals surface area contributed by atoms with Gasteiger partial charge in [-0.25, -0.2) is 30.2 Å². The third-order valence-electron chi connectivity index (χ3n) is 4.81. The van der Waals surface area contributed by atoms with Crippen LogP contribution in [0.4, 0.5) is 0 Å². The van der Waals surface area contributed by atoms with Crippen LogP contribution in [0.5, 0.6) is 0 Å². The first-order valence-electron chi connectivity index (χ1n) is 9.93. The molecule has 0 heterocycles. The van der Waals surface area contributed by atoms with E-state index in [-0.39, 0.29) is 17.1 Å². The minimum Gasteiger partial charge on any atom is -0.226 e. The molecule has 0 saturated heterocycles. The summed E-state index contributed by atoms with van der Waals surface area (Å²) in [6.07, 6.45) is 9.74. The normalized spacial score (nSPS) is 14.2. The molecule has 1 aliphatic carbocycles. The Hall–Kier alpha value is -1.64. The number of thioether (sulfide) groups is 1. The number of hydrogen-bond acceptors (Lipinski definition) is 2. The van der Waals surface area contributed by atoms with Crippen molar-refractivity contribution >= 4 is 28.2 Å². The molecule has 2 radical (unpaired) electrons. The second-order valence-electron chi connectivity index (χ2n) is 6.99. The van der Waals surface area contributed by atoms with Crippen LogP contribution in [0.1, 0.15) is 29.7 Å². The largest absolute Gasteiger partial charge is 2.00 e. The molecule has 0 N–H and O–H groups in total. The molecule has 3 heteroatoms. The van der Waals surface area contributed by atoms with E-state index in [1.807, 2.05) is 60.3 Å². The molecule has 0 aromatic heterocycles. The van der Waals surface area contributed by atoms with Crippen LogP contribution in [-0.2, 0) is 17.1 Å². The maximum absolute atomic E-state index is 5.71. The van der Waals surface area contributed by atoms with Crippen molar-refractivity contribution in [2.24, 2.45) is 5.92 Å². The van der Waals surface area contributed by atoms with Crippen LogP contribution in [0.2, 0.25) is 0 Å². The zero-order valence-corrected chi connectivity index (χ0v) is 19.7. The number of rotatable bonds is 6. The summed E-state index contributed by atoms with van der Waals surface area (Å²) in [6.45, 7) is 2.30. The van der Waals surface area contributed by atoms with Gasteiger partial charge in [-0.3, -0.25) is 0 Å². The van der Waals surface area contributed by atoms with E-state index in [4.69, 9.17) is 12.2 Å². The molecule has 3 aromatic carbocycles. The van der Waals surface area contributed by atoms with Crippen LogP contribution in [0.15, 0.2) is 103 Å². The molecule has 0 fully saturated rings. The first-order valence-corrected chi connectivity index (χ1v) is 11.2. The number of allylic oxidation sites excluding steroid dienone is 2. The Morgan fingerprint density at radius 2 is 1.57 bits per heavy atom. The molecule has 0 nitrogen and oxygen atoms in total. The van der Waals surface area contributed by atoms with E-state index in [1.54, 1.807) is 0 Å². The third kappa shape index (κ3) is 7.89. The van der Waals surface area contributed by atoms with Gasteiger partial charge in [0.2, 0.25) is 0 Å². The first kappa shape index (κ1) is 24.6. The van der Waals surface area contributed by atoms with E-state index in [9.17, 15) is 0 Å². The van der Waals surface area contributed by atoms with Crippen molar-refractivity contribution in [1.82, 2.24) is 0 Å². The Bertz CT molecular complexity index is 853. The molecule has 4 rings (SSSR count). The van der Waals surface area contributed by atoms with Crippen LogP contribution < -0.4 is 0 Å². The average Bonchev–Trinajstić information content (AvgIpc) is 3.51. The van der Waals surface area contributed by atoms with Crippen LogP contribution in [-0.4, -0.2) is 4.20 Å². The standard InChI is InChI=1S/C22H21S2.C5H5.Fe/c1-17(18-10-8-9-11-18)16-21(19-12-4-2-5-13-19)24-22(23)20-14-6-3-7-15-20;1-2-4-5-3-1;/h2-15,17,21H,16H2,1H3;1-5H;/q2*-1;+2. The van der Waals surface area contributed by atoms with Gasteiger partial charge >= 0.3 is 17.1 Å². The SMILES string of the molecule is CC(CC(SC(=S)c1ccccc1)c1ccccc1)C1=C[CH][CH][CH-]1.[Fe+2].c1cc[cH-]c1. The summed E-state index contributed by atoms with van der Waals surface area (Å²) in [5.74, 6) is 0.510. The predicted octanol–water partition coefficient (Wildman–Crippen LogP) is 7.82. The Kier molecular flexibility index (Phi) is 11.2. The third-order valence-corrected chi connectivity index (χ3v) is 6.53. The second-order valence-corrected chi connectivity index (χ2v) is 8.87. The summed E-state index contributed by atoms with van der Waals surface area (Å²) in [5.41, 5.74) is 3.89. The number of hydrogen-bond donors (Lipinski definition) is 0. The van der Waals surface area contributed by atoms with E-state index >= 15 is 0 Å². The molecular weight excluding hydrogens is 444 g/mol. The fourth-order valence-electron chi connectivity index (χ4n) is 3.19. The minimum absolute atomic E-state index is 0. The fourth-order valence-corrected chi connectivity index (χ4v) is 4.88. The number of thiocarbonyl (C=S) groups is 1. The van der Waals surface area contributed by atoms with Gasteiger partial charge in [0.25, 0.3) is 0 Å². The van der Waals surface area contributed by atoms with Gasteiger partial charge in [0, 0.05) is 5.25 Å². The quantitative estimate of drug-likeness (QED) is 0.205. The molecule has 0 amide bonds. The molecule has 0 saturated carbocycles. The fraction of sp³-hybridized carbons (Fsp3) is 0.148. The van der Waals surface area contributed by atoms with Crippen molar-refractivity contribution in [3.8, 4) is 0 Å². The first-order chi connectivity index (χ1) is 14.2. The van der Waals surface area contributed by atoms with E-state index in [2.05, 4.69) is 74.7 Å². The van der Waals surface area contributed by atoms with Crippen LogP contribution >= 0.6 is 24.0 Å². The summed E-state index contributed by atoms with van der Waals surface area (Å²) in [6, 6.07) is 31.0. The van der Waals surface area contributed by atoms with Gasteiger partial charge in [-0.15, -0.1) is 24.6 Å². The summed E-state index contributed by atoms with van der Waals surface area (Å²) in [4.78, 5) is 0. The summed E-state index contributed by atoms with van der Waals surface area (Å²) in [7, 11) is 0. The van der Waals surface area contributed by atoms with Gasteiger partial charge in [0.15, 0.2) is 0 Å². The van der Waals surface area contributed by atoms with Crippen LogP contribution in [0.25, 0.3) is 0 Å². The molecule has 30 heavy (non-hydrogen) atoms. The van der Waals surface area contributed by atoms with E-state index in [1.165, 1.54) is 11.1 Å². The van der Waals surface area contributed by atoms with E-state index in [0.29, 0.717) is 11.2 Å². The van der Waals surface area contributed by atoms with Gasteiger partial charge in [0.05, 0.1) is 4.20 Å². The molecule has 2 unspecified atom stereocenters.